The maximum absolute atomic E-state index is 12.3. The number of amides is 1. The second kappa shape index (κ2) is 6.22. The molecule has 0 saturated carbocycles. The Balaban J connectivity index is 1.72. The molecule has 1 aromatic carbocycles. The maximum atomic E-state index is 12.3. The van der Waals surface area contributed by atoms with E-state index in [4.69, 9.17) is 23.2 Å². The number of rotatable bonds is 2. The fourth-order valence-electron chi connectivity index (χ4n) is 2.35. The second-order valence-electron chi connectivity index (χ2n) is 4.88. The molecule has 2 heterocycles. The topological polar surface area (TPSA) is 20.3 Å². The summed E-state index contributed by atoms with van der Waals surface area (Å²) in [6, 6.07) is 7.30. The van der Waals surface area contributed by atoms with Crippen molar-refractivity contribution in [1.82, 2.24) is 4.90 Å². The summed E-state index contributed by atoms with van der Waals surface area (Å²) in [5.74, 6) is 0.00268. The average molecular weight is 338 g/mol. The Morgan fingerprint density at radius 3 is 3.00 bits per heavy atom. The number of nitrogens with zero attached hydrogens (tertiary/aromatic N) is 1. The average Bonchev–Trinajstić information content (AvgIpc) is 2.95. The van der Waals surface area contributed by atoms with E-state index in [2.05, 4.69) is 11.4 Å². The molecular formula is C16H13Cl2NOS. The quantitative estimate of drug-likeness (QED) is 0.730. The number of halogens is 2. The van der Waals surface area contributed by atoms with Gasteiger partial charge in [-0.1, -0.05) is 23.2 Å². The van der Waals surface area contributed by atoms with Gasteiger partial charge in [-0.15, -0.1) is 11.3 Å². The smallest absolute Gasteiger partial charge is 0.246 e. The predicted molar refractivity (Wildman–Crippen MR) is 88.9 cm³/mol. The van der Waals surface area contributed by atoms with Gasteiger partial charge in [0.05, 0.1) is 0 Å². The van der Waals surface area contributed by atoms with Crippen LogP contribution in [-0.4, -0.2) is 17.4 Å². The number of fused-ring (bicyclic) bond motifs is 1. The molecular weight excluding hydrogens is 325 g/mol. The SMILES string of the molecule is O=C(C=Cc1cc(Cl)ccc1Cl)N1CCc2sccc2C1. The molecule has 1 aromatic heterocycles. The normalized spacial score (nSPS) is 14.5. The highest BCUT2D eigenvalue weighted by atomic mass is 35.5. The first-order valence-corrected chi connectivity index (χ1v) is 8.24. The molecule has 2 nitrogen and oxygen atoms in total. The van der Waals surface area contributed by atoms with Crippen LogP contribution in [-0.2, 0) is 17.8 Å². The van der Waals surface area contributed by atoms with Gasteiger partial charge in [0.1, 0.15) is 0 Å². The van der Waals surface area contributed by atoms with E-state index < -0.39 is 0 Å². The van der Waals surface area contributed by atoms with Crippen LogP contribution in [0.3, 0.4) is 0 Å². The first-order chi connectivity index (χ1) is 10.1. The van der Waals surface area contributed by atoms with E-state index in [0.717, 1.165) is 18.5 Å². The van der Waals surface area contributed by atoms with Gasteiger partial charge in [-0.25, -0.2) is 0 Å². The van der Waals surface area contributed by atoms with Gasteiger partial charge in [0.2, 0.25) is 5.91 Å². The summed E-state index contributed by atoms with van der Waals surface area (Å²) in [6.07, 6.45) is 4.22. The van der Waals surface area contributed by atoms with Crippen molar-refractivity contribution >= 4 is 46.5 Å². The van der Waals surface area contributed by atoms with Crippen LogP contribution in [0.4, 0.5) is 0 Å². The van der Waals surface area contributed by atoms with Gasteiger partial charge in [0.25, 0.3) is 0 Å². The number of hydrogen-bond donors (Lipinski definition) is 0. The minimum absolute atomic E-state index is 0.00268. The zero-order chi connectivity index (χ0) is 14.8. The van der Waals surface area contributed by atoms with E-state index in [0.29, 0.717) is 16.6 Å². The fraction of sp³-hybridized carbons (Fsp3) is 0.188. The Bertz CT molecular complexity index is 708. The van der Waals surface area contributed by atoms with Crippen LogP contribution in [0.15, 0.2) is 35.7 Å². The van der Waals surface area contributed by atoms with Gasteiger partial charge in [-0.2, -0.15) is 0 Å². The highest BCUT2D eigenvalue weighted by Crippen LogP contribution is 2.25. The molecule has 0 aliphatic carbocycles. The minimum Gasteiger partial charge on any atom is -0.334 e. The summed E-state index contributed by atoms with van der Waals surface area (Å²) in [5.41, 5.74) is 2.01. The summed E-state index contributed by atoms with van der Waals surface area (Å²) in [7, 11) is 0. The van der Waals surface area contributed by atoms with E-state index in [1.54, 1.807) is 41.7 Å². The van der Waals surface area contributed by atoms with Crippen molar-refractivity contribution in [2.75, 3.05) is 6.54 Å². The van der Waals surface area contributed by atoms with Crippen molar-refractivity contribution in [1.29, 1.82) is 0 Å². The number of carbonyl (C=O) groups is 1. The van der Waals surface area contributed by atoms with Crippen LogP contribution < -0.4 is 0 Å². The van der Waals surface area contributed by atoms with Gasteiger partial charge >= 0.3 is 0 Å². The summed E-state index contributed by atoms with van der Waals surface area (Å²) in [6.45, 7) is 1.45. The molecule has 2 aromatic rings. The number of hydrogen-bond acceptors (Lipinski definition) is 2. The van der Waals surface area contributed by atoms with Gasteiger partial charge in [0, 0.05) is 34.1 Å². The zero-order valence-corrected chi connectivity index (χ0v) is 13.5. The lowest BCUT2D eigenvalue weighted by Gasteiger charge is -2.25. The Morgan fingerprint density at radius 1 is 1.29 bits per heavy atom. The van der Waals surface area contributed by atoms with Crippen molar-refractivity contribution in [2.24, 2.45) is 0 Å². The molecule has 1 aliphatic heterocycles. The summed E-state index contributed by atoms with van der Waals surface area (Å²) >= 11 is 13.8. The highest BCUT2D eigenvalue weighted by Gasteiger charge is 2.19. The summed E-state index contributed by atoms with van der Waals surface area (Å²) < 4.78 is 0. The number of carbonyl (C=O) groups excluding carboxylic acids is 1. The first-order valence-electron chi connectivity index (χ1n) is 6.61. The predicted octanol–water partition coefficient (Wildman–Crippen LogP) is 4.65. The molecule has 108 valence electrons. The second-order valence-corrected chi connectivity index (χ2v) is 6.72. The van der Waals surface area contributed by atoms with E-state index >= 15 is 0 Å². The lowest BCUT2D eigenvalue weighted by atomic mass is 10.1. The van der Waals surface area contributed by atoms with E-state index in [1.165, 1.54) is 10.4 Å². The molecule has 0 spiro atoms. The van der Waals surface area contributed by atoms with Crippen LogP contribution in [0.25, 0.3) is 6.08 Å². The van der Waals surface area contributed by atoms with Crippen molar-refractivity contribution < 1.29 is 4.79 Å². The van der Waals surface area contributed by atoms with Crippen LogP contribution in [0.1, 0.15) is 16.0 Å². The Morgan fingerprint density at radius 2 is 2.14 bits per heavy atom. The van der Waals surface area contributed by atoms with Crippen molar-refractivity contribution in [2.45, 2.75) is 13.0 Å². The lowest BCUT2D eigenvalue weighted by Crippen LogP contribution is -2.34. The molecule has 1 aliphatic rings. The van der Waals surface area contributed by atoms with Crippen molar-refractivity contribution in [3.8, 4) is 0 Å². The largest absolute Gasteiger partial charge is 0.334 e. The Kier molecular flexibility index (Phi) is 4.34. The molecule has 0 saturated heterocycles. The lowest BCUT2D eigenvalue weighted by molar-refractivity contribution is -0.126. The monoisotopic (exact) mass is 337 g/mol. The maximum Gasteiger partial charge on any atom is 0.246 e. The molecule has 0 unspecified atom stereocenters. The number of thiophene rings is 1. The summed E-state index contributed by atoms with van der Waals surface area (Å²) in [4.78, 5) is 15.5. The third-order valence-corrected chi connectivity index (χ3v) is 5.09. The molecule has 1 amide bonds. The number of benzene rings is 1. The molecule has 0 N–H and O–H groups in total. The first kappa shape index (κ1) is 14.6. The molecule has 5 heteroatoms. The van der Waals surface area contributed by atoms with E-state index in [-0.39, 0.29) is 5.91 Å². The molecule has 3 rings (SSSR count). The Labute approximate surface area is 137 Å². The minimum atomic E-state index is 0.00268. The van der Waals surface area contributed by atoms with Crippen LogP contribution in [0, 0.1) is 0 Å². The van der Waals surface area contributed by atoms with E-state index in [1.807, 2.05) is 4.90 Å². The van der Waals surface area contributed by atoms with Gasteiger partial charge in [-0.05, 0) is 53.3 Å². The van der Waals surface area contributed by atoms with Crippen LogP contribution in [0.5, 0.6) is 0 Å². The summed E-state index contributed by atoms with van der Waals surface area (Å²) in [5, 5.41) is 3.27. The van der Waals surface area contributed by atoms with Gasteiger partial charge in [0.15, 0.2) is 0 Å². The third kappa shape index (κ3) is 3.31. The Hall–Kier alpha value is -1.29. The fourth-order valence-corrected chi connectivity index (χ4v) is 3.60. The molecule has 0 fully saturated rings. The third-order valence-electron chi connectivity index (χ3n) is 3.48. The van der Waals surface area contributed by atoms with E-state index in [9.17, 15) is 4.79 Å². The molecule has 0 atom stereocenters. The molecule has 0 bridgehead atoms. The van der Waals surface area contributed by atoms with Crippen LogP contribution >= 0.6 is 34.5 Å². The molecule has 0 radical (unpaired) electrons. The van der Waals surface area contributed by atoms with Gasteiger partial charge < -0.3 is 4.90 Å². The van der Waals surface area contributed by atoms with Crippen molar-refractivity contribution in [3.05, 3.63) is 61.8 Å². The standard InChI is InChI=1S/C16H13Cl2NOS/c17-13-2-3-14(18)11(9-13)1-4-16(20)19-7-5-15-12(10-19)6-8-21-15/h1-4,6,8-9H,5,7,10H2. The molecule has 21 heavy (non-hydrogen) atoms. The highest BCUT2D eigenvalue weighted by molar-refractivity contribution is 7.10. The zero-order valence-electron chi connectivity index (χ0n) is 11.2. The van der Waals surface area contributed by atoms with Gasteiger partial charge in [-0.3, -0.25) is 4.79 Å². The van der Waals surface area contributed by atoms with Crippen molar-refractivity contribution in [3.63, 3.8) is 0 Å². The van der Waals surface area contributed by atoms with Crippen LogP contribution in [0.2, 0.25) is 10.0 Å².